The van der Waals surface area contributed by atoms with E-state index < -0.39 is 6.04 Å². The summed E-state index contributed by atoms with van der Waals surface area (Å²) in [5, 5.41) is 20.0. The van der Waals surface area contributed by atoms with Gasteiger partial charge in [0.2, 0.25) is 6.04 Å². The van der Waals surface area contributed by atoms with Gasteiger partial charge in [-0.3, -0.25) is 10.1 Å². The third kappa shape index (κ3) is 2.44. The first-order chi connectivity index (χ1) is 6.70. The van der Waals surface area contributed by atoms with Gasteiger partial charge in [0.15, 0.2) is 0 Å². The van der Waals surface area contributed by atoms with Gasteiger partial charge in [-0.2, -0.15) is 0 Å². The summed E-state index contributed by atoms with van der Waals surface area (Å²) in [5.74, 6) is 0.208. The molecule has 1 fully saturated rings. The first-order valence-corrected chi connectivity index (χ1v) is 5.45. The van der Waals surface area contributed by atoms with Crippen molar-refractivity contribution in [3.8, 4) is 0 Å². The summed E-state index contributed by atoms with van der Waals surface area (Å²) in [6.07, 6.45) is 4.47. The van der Waals surface area contributed by atoms with E-state index >= 15 is 0 Å². The molecule has 0 amide bonds. The molecule has 1 aliphatic carbocycles. The van der Waals surface area contributed by atoms with Crippen molar-refractivity contribution in [1.29, 1.82) is 0 Å². The van der Waals surface area contributed by atoms with Crippen molar-refractivity contribution >= 4 is 0 Å². The van der Waals surface area contributed by atoms with Gasteiger partial charge in [-0.25, -0.2) is 0 Å². The standard InChI is InChI=1S/C10H19NO3/c1-2-8(7-12)9-5-3-4-6-10(9)11(13)14/h8-10,12H,2-7H2,1H3/t8-,9+,10-/m1/s1. The maximum Gasteiger partial charge on any atom is 0.216 e. The fraction of sp³-hybridized carbons (Fsp3) is 1.00. The van der Waals surface area contributed by atoms with Gasteiger partial charge in [-0.15, -0.1) is 0 Å². The van der Waals surface area contributed by atoms with Gasteiger partial charge in [-0.05, 0) is 18.8 Å². The van der Waals surface area contributed by atoms with Crippen molar-refractivity contribution < 1.29 is 10.0 Å². The van der Waals surface area contributed by atoms with Crippen LogP contribution in [0.5, 0.6) is 0 Å². The van der Waals surface area contributed by atoms with Crippen molar-refractivity contribution in [2.24, 2.45) is 11.8 Å². The van der Waals surface area contributed by atoms with E-state index in [0.29, 0.717) is 6.42 Å². The predicted molar refractivity (Wildman–Crippen MR) is 53.6 cm³/mol. The number of rotatable bonds is 4. The molecule has 1 rings (SSSR count). The molecule has 0 aliphatic heterocycles. The van der Waals surface area contributed by atoms with Crippen LogP contribution in [0.15, 0.2) is 0 Å². The van der Waals surface area contributed by atoms with E-state index in [1.165, 1.54) is 0 Å². The van der Waals surface area contributed by atoms with E-state index in [4.69, 9.17) is 5.11 Å². The molecule has 0 aromatic heterocycles. The Kier molecular flexibility index (Phi) is 4.32. The van der Waals surface area contributed by atoms with Crippen LogP contribution in [0.4, 0.5) is 0 Å². The molecule has 14 heavy (non-hydrogen) atoms. The Morgan fingerprint density at radius 1 is 1.50 bits per heavy atom. The fourth-order valence-corrected chi connectivity index (χ4v) is 2.52. The van der Waals surface area contributed by atoms with Crippen LogP contribution in [0.1, 0.15) is 39.0 Å². The second-order valence-corrected chi connectivity index (χ2v) is 4.15. The second kappa shape index (κ2) is 5.29. The molecule has 0 spiro atoms. The van der Waals surface area contributed by atoms with Crippen molar-refractivity contribution in [2.75, 3.05) is 6.61 Å². The van der Waals surface area contributed by atoms with Crippen LogP contribution in [0.25, 0.3) is 0 Å². The normalized spacial score (nSPS) is 29.9. The number of nitro groups is 1. The van der Waals surface area contributed by atoms with E-state index in [0.717, 1.165) is 25.7 Å². The number of hydrogen-bond donors (Lipinski definition) is 1. The SMILES string of the molecule is CC[C@H](CO)[C@@H]1CCCC[C@H]1[N+](=O)[O-]. The second-order valence-electron chi connectivity index (χ2n) is 4.15. The maximum absolute atomic E-state index is 10.8. The van der Waals surface area contributed by atoms with Gasteiger partial charge in [0.05, 0.1) is 0 Å². The Morgan fingerprint density at radius 3 is 2.64 bits per heavy atom. The third-order valence-corrected chi connectivity index (χ3v) is 3.42. The minimum absolute atomic E-state index is 0.0888. The summed E-state index contributed by atoms with van der Waals surface area (Å²) in [5.41, 5.74) is 0. The van der Waals surface area contributed by atoms with Crippen molar-refractivity contribution in [1.82, 2.24) is 0 Å². The van der Waals surface area contributed by atoms with Crippen LogP contribution in [0.2, 0.25) is 0 Å². The molecule has 1 N–H and O–H groups in total. The highest BCUT2D eigenvalue weighted by Crippen LogP contribution is 2.33. The molecule has 3 atom stereocenters. The van der Waals surface area contributed by atoms with E-state index in [1.807, 2.05) is 6.92 Å². The van der Waals surface area contributed by atoms with Crippen LogP contribution in [0, 0.1) is 22.0 Å². The first kappa shape index (κ1) is 11.4. The highest BCUT2D eigenvalue weighted by Gasteiger charge is 2.37. The van der Waals surface area contributed by atoms with Crippen LogP contribution in [0.3, 0.4) is 0 Å². The number of aliphatic hydroxyl groups is 1. The van der Waals surface area contributed by atoms with Crippen LogP contribution < -0.4 is 0 Å². The lowest BCUT2D eigenvalue weighted by molar-refractivity contribution is -0.538. The molecule has 0 heterocycles. The Morgan fingerprint density at radius 2 is 2.14 bits per heavy atom. The summed E-state index contributed by atoms with van der Waals surface area (Å²) in [6.45, 7) is 2.08. The zero-order valence-electron chi connectivity index (χ0n) is 8.69. The molecule has 4 nitrogen and oxygen atoms in total. The van der Waals surface area contributed by atoms with Crippen LogP contribution >= 0.6 is 0 Å². The minimum Gasteiger partial charge on any atom is -0.396 e. The first-order valence-electron chi connectivity index (χ1n) is 5.45. The van der Waals surface area contributed by atoms with Gasteiger partial charge in [0.1, 0.15) is 0 Å². The Balaban J connectivity index is 2.65. The van der Waals surface area contributed by atoms with E-state index in [1.54, 1.807) is 0 Å². The van der Waals surface area contributed by atoms with Crippen molar-refractivity contribution in [2.45, 2.75) is 45.1 Å². The highest BCUT2D eigenvalue weighted by atomic mass is 16.6. The average molecular weight is 201 g/mol. The molecule has 0 radical (unpaired) electrons. The molecule has 0 saturated heterocycles. The van der Waals surface area contributed by atoms with E-state index in [-0.39, 0.29) is 23.4 Å². The Hall–Kier alpha value is -0.640. The monoisotopic (exact) mass is 201 g/mol. The Labute approximate surface area is 84.5 Å². The fourth-order valence-electron chi connectivity index (χ4n) is 2.52. The average Bonchev–Trinajstić information content (AvgIpc) is 2.20. The lowest BCUT2D eigenvalue weighted by Gasteiger charge is -2.30. The molecule has 1 aliphatic rings. The van der Waals surface area contributed by atoms with Crippen molar-refractivity contribution in [3.05, 3.63) is 10.1 Å². The summed E-state index contributed by atoms with van der Waals surface area (Å²) < 4.78 is 0. The lowest BCUT2D eigenvalue weighted by atomic mass is 9.76. The number of hydrogen-bond acceptors (Lipinski definition) is 3. The summed E-state index contributed by atoms with van der Waals surface area (Å²) >= 11 is 0. The summed E-state index contributed by atoms with van der Waals surface area (Å²) in [6, 6.07) is -0.416. The smallest absolute Gasteiger partial charge is 0.216 e. The molecule has 4 heteroatoms. The van der Waals surface area contributed by atoms with Gasteiger partial charge in [0, 0.05) is 23.9 Å². The number of aliphatic hydroxyl groups excluding tert-OH is 1. The molecule has 0 bridgehead atoms. The predicted octanol–water partition coefficient (Wildman–Crippen LogP) is 1.84. The zero-order valence-corrected chi connectivity index (χ0v) is 8.69. The van der Waals surface area contributed by atoms with E-state index in [9.17, 15) is 10.1 Å². The molecule has 82 valence electrons. The highest BCUT2D eigenvalue weighted by molar-refractivity contribution is 4.80. The molecule has 0 unspecified atom stereocenters. The topological polar surface area (TPSA) is 63.4 Å². The summed E-state index contributed by atoms with van der Waals surface area (Å²) in [7, 11) is 0. The quantitative estimate of drug-likeness (QED) is 0.557. The van der Waals surface area contributed by atoms with Crippen molar-refractivity contribution in [3.63, 3.8) is 0 Å². The molecular weight excluding hydrogens is 182 g/mol. The van der Waals surface area contributed by atoms with Crippen LogP contribution in [-0.2, 0) is 0 Å². The van der Waals surface area contributed by atoms with Crippen LogP contribution in [-0.4, -0.2) is 22.7 Å². The molecule has 0 aromatic rings. The lowest BCUT2D eigenvalue weighted by Crippen LogP contribution is -2.37. The summed E-state index contributed by atoms with van der Waals surface area (Å²) in [4.78, 5) is 10.7. The minimum atomic E-state index is -0.416. The Bertz CT molecular complexity index is 192. The molecule has 1 saturated carbocycles. The number of nitrogens with zero attached hydrogens (tertiary/aromatic N) is 1. The van der Waals surface area contributed by atoms with Gasteiger partial charge in [-0.1, -0.05) is 19.8 Å². The molecular formula is C10H19NO3. The molecule has 0 aromatic carbocycles. The third-order valence-electron chi connectivity index (χ3n) is 3.42. The van der Waals surface area contributed by atoms with Gasteiger partial charge in [0.25, 0.3) is 0 Å². The van der Waals surface area contributed by atoms with Gasteiger partial charge >= 0.3 is 0 Å². The largest absolute Gasteiger partial charge is 0.396 e. The van der Waals surface area contributed by atoms with E-state index in [2.05, 4.69) is 0 Å². The zero-order chi connectivity index (χ0) is 10.6. The van der Waals surface area contributed by atoms with Gasteiger partial charge < -0.3 is 5.11 Å². The maximum atomic E-state index is 10.8.